The van der Waals surface area contributed by atoms with Crippen LogP contribution < -0.4 is 5.73 Å². The van der Waals surface area contributed by atoms with Gasteiger partial charge in [0.15, 0.2) is 0 Å². The number of para-hydroxylation sites is 1. The SMILES string of the molecule is CCn1nc(CN(C)C2CCCC2CN)c2ccccc21. The zero-order valence-corrected chi connectivity index (χ0v) is 13.1. The molecule has 0 amide bonds. The molecular formula is C17H26N4. The van der Waals surface area contributed by atoms with Crippen molar-refractivity contribution in [3.63, 3.8) is 0 Å². The van der Waals surface area contributed by atoms with Crippen LogP contribution in [-0.2, 0) is 13.1 Å². The molecule has 3 rings (SSSR count). The van der Waals surface area contributed by atoms with Crippen LogP contribution in [0.4, 0.5) is 0 Å². The van der Waals surface area contributed by atoms with Gasteiger partial charge >= 0.3 is 0 Å². The Hall–Kier alpha value is -1.39. The first-order valence-electron chi connectivity index (χ1n) is 8.09. The fourth-order valence-corrected chi connectivity index (χ4v) is 3.78. The average molecular weight is 286 g/mol. The highest BCUT2D eigenvalue weighted by atomic mass is 15.3. The van der Waals surface area contributed by atoms with Gasteiger partial charge in [0.1, 0.15) is 0 Å². The van der Waals surface area contributed by atoms with E-state index in [0.717, 1.165) is 19.6 Å². The molecule has 0 radical (unpaired) electrons. The van der Waals surface area contributed by atoms with Gasteiger partial charge in [-0.2, -0.15) is 5.10 Å². The van der Waals surface area contributed by atoms with E-state index in [1.165, 1.54) is 35.9 Å². The predicted octanol–water partition coefficient (Wildman–Crippen LogP) is 2.62. The first kappa shape index (κ1) is 14.5. The molecule has 2 unspecified atom stereocenters. The Balaban J connectivity index is 1.84. The third-order valence-electron chi connectivity index (χ3n) is 4.92. The van der Waals surface area contributed by atoms with Crippen molar-refractivity contribution in [2.24, 2.45) is 11.7 Å². The van der Waals surface area contributed by atoms with E-state index < -0.39 is 0 Å². The molecule has 114 valence electrons. The summed E-state index contributed by atoms with van der Waals surface area (Å²) in [6, 6.07) is 9.15. The minimum Gasteiger partial charge on any atom is -0.330 e. The van der Waals surface area contributed by atoms with E-state index in [2.05, 4.69) is 47.8 Å². The highest BCUT2D eigenvalue weighted by molar-refractivity contribution is 5.81. The first-order chi connectivity index (χ1) is 10.2. The van der Waals surface area contributed by atoms with Gasteiger partial charge in [0.2, 0.25) is 0 Å². The molecule has 21 heavy (non-hydrogen) atoms. The molecule has 2 atom stereocenters. The van der Waals surface area contributed by atoms with Crippen molar-refractivity contribution in [2.45, 2.75) is 45.3 Å². The number of nitrogens with two attached hydrogens (primary N) is 1. The van der Waals surface area contributed by atoms with Gasteiger partial charge in [-0.15, -0.1) is 0 Å². The van der Waals surface area contributed by atoms with Gasteiger partial charge in [0, 0.05) is 24.5 Å². The quantitative estimate of drug-likeness (QED) is 0.919. The molecule has 1 fully saturated rings. The molecular weight excluding hydrogens is 260 g/mol. The van der Waals surface area contributed by atoms with E-state index in [4.69, 9.17) is 10.8 Å². The second kappa shape index (κ2) is 6.16. The zero-order chi connectivity index (χ0) is 14.8. The Labute approximate surface area is 126 Å². The number of hydrogen-bond acceptors (Lipinski definition) is 3. The van der Waals surface area contributed by atoms with E-state index >= 15 is 0 Å². The molecule has 0 saturated heterocycles. The van der Waals surface area contributed by atoms with E-state index in [0.29, 0.717) is 12.0 Å². The molecule has 2 aromatic rings. The average Bonchev–Trinajstić information content (AvgIpc) is 3.12. The van der Waals surface area contributed by atoms with Crippen LogP contribution >= 0.6 is 0 Å². The van der Waals surface area contributed by atoms with E-state index in [1.54, 1.807) is 0 Å². The van der Waals surface area contributed by atoms with Crippen LogP contribution in [0, 0.1) is 5.92 Å². The van der Waals surface area contributed by atoms with Crippen LogP contribution in [0.1, 0.15) is 31.9 Å². The number of hydrogen-bond donors (Lipinski definition) is 1. The van der Waals surface area contributed by atoms with Crippen LogP contribution in [0.3, 0.4) is 0 Å². The maximum atomic E-state index is 5.93. The fourth-order valence-electron chi connectivity index (χ4n) is 3.78. The highest BCUT2D eigenvalue weighted by Crippen LogP contribution is 2.30. The normalized spacial score (nSPS) is 22.5. The predicted molar refractivity (Wildman–Crippen MR) is 87.1 cm³/mol. The Morgan fingerprint density at radius 2 is 2.14 bits per heavy atom. The van der Waals surface area contributed by atoms with Crippen molar-refractivity contribution in [3.05, 3.63) is 30.0 Å². The van der Waals surface area contributed by atoms with Crippen molar-refractivity contribution in [2.75, 3.05) is 13.6 Å². The van der Waals surface area contributed by atoms with Crippen molar-refractivity contribution in [3.8, 4) is 0 Å². The van der Waals surface area contributed by atoms with Crippen molar-refractivity contribution in [1.82, 2.24) is 14.7 Å². The Morgan fingerprint density at radius 3 is 2.90 bits per heavy atom. The molecule has 0 aliphatic heterocycles. The largest absolute Gasteiger partial charge is 0.330 e. The van der Waals surface area contributed by atoms with Gasteiger partial charge in [-0.05, 0) is 45.3 Å². The summed E-state index contributed by atoms with van der Waals surface area (Å²) in [7, 11) is 2.22. The van der Waals surface area contributed by atoms with E-state index in [9.17, 15) is 0 Å². The highest BCUT2D eigenvalue weighted by Gasteiger charge is 2.29. The standard InChI is InChI=1S/C17H26N4/c1-3-21-17-9-5-4-8-14(17)15(19-21)12-20(2)16-10-6-7-13(16)11-18/h4-5,8-9,13,16H,3,6-7,10-12,18H2,1-2H3. The third-order valence-corrected chi connectivity index (χ3v) is 4.92. The van der Waals surface area contributed by atoms with Gasteiger partial charge in [0.05, 0.1) is 11.2 Å². The summed E-state index contributed by atoms with van der Waals surface area (Å²) in [4.78, 5) is 2.46. The third kappa shape index (κ3) is 2.70. The van der Waals surface area contributed by atoms with Gasteiger partial charge in [-0.3, -0.25) is 9.58 Å². The van der Waals surface area contributed by atoms with Crippen molar-refractivity contribution in [1.29, 1.82) is 0 Å². The second-order valence-corrected chi connectivity index (χ2v) is 6.19. The van der Waals surface area contributed by atoms with Crippen LogP contribution in [0.25, 0.3) is 10.9 Å². The second-order valence-electron chi connectivity index (χ2n) is 6.19. The first-order valence-corrected chi connectivity index (χ1v) is 8.09. The maximum absolute atomic E-state index is 5.93. The van der Waals surface area contributed by atoms with E-state index in [1.807, 2.05) is 0 Å². The van der Waals surface area contributed by atoms with Crippen LogP contribution in [-0.4, -0.2) is 34.3 Å². The zero-order valence-electron chi connectivity index (χ0n) is 13.1. The molecule has 1 aliphatic carbocycles. The minimum absolute atomic E-state index is 0.612. The number of fused-ring (bicyclic) bond motifs is 1. The molecule has 1 aliphatic rings. The molecule has 0 bridgehead atoms. The summed E-state index contributed by atoms with van der Waals surface area (Å²) in [5, 5.41) is 6.10. The van der Waals surface area contributed by atoms with Gasteiger partial charge in [-0.25, -0.2) is 0 Å². The molecule has 1 heterocycles. The topological polar surface area (TPSA) is 47.1 Å². The maximum Gasteiger partial charge on any atom is 0.0843 e. The molecule has 4 heteroatoms. The number of nitrogens with zero attached hydrogens (tertiary/aromatic N) is 3. The number of benzene rings is 1. The smallest absolute Gasteiger partial charge is 0.0843 e. The molecule has 4 nitrogen and oxygen atoms in total. The summed E-state index contributed by atoms with van der Waals surface area (Å²) in [5.41, 5.74) is 8.36. The lowest BCUT2D eigenvalue weighted by atomic mass is 10.0. The van der Waals surface area contributed by atoms with Crippen LogP contribution in [0.2, 0.25) is 0 Å². The molecule has 1 aromatic carbocycles. The lowest BCUT2D eigenvalue weighted by Crippen LogP contribution is -2.37. The molecule has 1 saturated carbocycles. The lowest BCUT2D eigenvalue weighted by molar-refractivity contribution is 0.191. The fraction of sp³-hybridized carbons (Fsp3) is 0.588. The number of aryl methyl sites for hydroxylation is 1. The summed E-state index contributed by atoms with van der Waals surface area (Å²) in [6.45, 7) is 4.78. The number of aromatic nitrogens is 2. The van der Waals surface area contributed by atoms with Gasteiger partial charge in [-0.1, -0.05) is 24.6 Å². The summed E-state index contributed by atoms with van der Waals surface area (Å²) in [6.07, 6.45) is 3.85. The van der Waals surface area contributed by atoms with Crippen LogP contribution in [0.15, 0.2) is 24.3 Å². The van der Waals surface area contributed by atoms with Gasteiger partial charge in [0.25, 0.3) is 0 Å². The monoisotopic (exact) mass is 286 g/mol. The van der Waals surface area contributed by atoms with Crippen molar-refractivity contribution >= 4 is 10.9 Å². The minimum atomic E-state index is 0.612. The lowest BCUT2D eigenvalue weighted by Gasteiger charge is -2.28. The van der Waals surface area contributed by atoms with E-state index in [-0.39, 0.29) is 0 Å². The summed E-state index contributed by atoms with van der Waals surface area (Å²) in [5.74, 6) is 0.648. The molecule has 2 N–H and O–H groups in total. The number of rotatable bonds is 5. The summed E-state index contributed by atoms with van der Waals surface area (Å²) < 4.78 is 2.10. The van der Waals surface area contributed by atoms with Crippen LogP contribution in [0.5, 0.6) is 0 Å². The molecule has 1 aromatic heterocycles. The Morgan fingerprint density at radius 1 is 1.33 bits per heavy atom. The van der Waals surface area contributed by atoms with Gasteiger partial charge < -0.3 is 5.73 Å². The Kier molecular flexibility index (Phi) is 4.27. The van der Waals surface area contributed by atoms with Crippen molar-refractivity contribution < 1.29 is 0 Å². The summed E-state index contributed by atoms with van der Waals surface area (Å²) >= 11 is 0. The Bertz CT molecular complexity index is 604. The molecule has 0 spiro atoms.